The van der Waals surface area contributed by atoms with Gasteiger partial charge in [-0.15, -0.1) is 0 Å². The van der Waals surface area contributed by atoms with E-state index in [0.717, 1.165) is 32.1 Å². The zero-order chi connectivity index (χ0) is 22.4. The predicted molar refractivity (Wildman–Crippen MR) is 120 cm³/mol. The van der Waals surface area contributed by atoms with Crippen molar-refractivity contribution in [3.63, 3.8) is 0 Å². The van der Waals surface area contributed by atoms with Crippen LogP contribution in [0, 0.1) is 11.8 Å². The average molecular weight is 430 g/mol. The Balaban J connectivity index is 1.76. The van der Waals surface area contributed by atoms with Crippen LogP contribution in [0.3, 0.4) is 0 Å². The Morgan fingerprint density at radius 2 is 1.74 bits per heavy atom. The van der Waals surface area contributed by atoms with Crippen molar-refractivity contribution < 1.29 is 19.1 Å². The van der Waals surface area contributed by atoms with Gasteiger partial charge in [0, 0.05) is 12.5 Å². The predicted octanol–water partition coefficient (Wildman–Crippen LogP) is 3.35. The van der Waals surface area contributed by atoms with Crippen molar-refractivity contribution in [3.8, 4) is 5.75 Å². The molecule has 1 saturated carbocycles. The Hall–Kier alpha value is -2.57. The molecule has 0 unspecified atom stereocenters. The largest absolute Gasteiger partial charge is 0.495 e. The van der Waals surface area contributed by atoms with E-state index in [1.54, 1.807) is 24.1 Å². The van der Waals surface area contributed by atoms with Crippen molar-refractivity contribution >= 4 is 23.4 Å². The third-order valence-corrected chi connectivity index (χ3v) is 6.41. The van der Waals surface area contributed by atoms with E-state index in [1.807, 2.05) is 26.0 Å². The zero-order valence-electron chi connectivity index (χ0n) is 18.9. The zero-order valence-corrected chi connectivity index (χ0v) is 18.9. The van der Waals surface area contributed by atoms with Gasteiger partial charge in [-0.05, 0) is 43.7 Å². The molecule has 2 N–H and O–H groups in total. The van der Waals surface area contributed by atoms with Gasteiger partial charge in [-0.2, -0.15) is 0 Å². The molecule has 1 saturated heterocycles. The first-order valence-electron chi connectivity index (χ1n) is 11.5. The number of carbonyl (C=O) groups is 3. The summed E-state index contributed by atoms with van der Waals surface area (Å²) >= 11 is 0. The summed E-state index contributed by atoms with van der Waals surface area (Å²) < 4.78 is 5.32. The van der Waals surface area contributed by atoms with E-state index in [0.29, 0.717) is 24.4 Å². The summed E-state index contributed by atoms with van der Waals surface area (Å²) in [6.45, 7) is 4.19. The number of hydrogen-bond acceptors (Lipinski definition) is 4. The molecule has 31 heavy (non-hydrogen) atoms. The minimum absolute atomic E-state index is 0.113. The maximum absolute atomic E-state index is 13.6. The lowest BCUT2D eigenvalue weighted by Gasteiger charge is -2.35. The molecule has 2 aliphatic rings. The Kier molecular flexibility index (Phi) is 7.93. The SMILES string of the molecule is COc1ccccc1NC(=O)[C@@H]1CCCN1C(=O)[C@@H](NC(=O)C(C)C)C1CCCCC1. The first kappa shape index (κ1) is 23.1. The van der Waals surface area contributed by atoms with Gasteiger partial charge < -0.3 is 20.3 Å². The second kappa shape index (κ2) is 10.6. The van der Waals surface area contributed by atoms with Crippen LogP contribution >= 0.6 is 0 Å². The molecule has 7 heteroatoms. The highest BCUT2D eigenvalue weighted by atomic mass is 16.5. The number of ether oxygens (including phenoxy) is 1. The highest BCUT2D eigenvalue weighted by Gasteiger charge is 2.40. The summed E-state index contributed by atoms with van der Waals surface area (Å²) in [6, 6.07) is 6.14. The highest BCUT2D eigenvalue weighted by Crippen LogP contribution is 2.30. The number of nitrogens with zero attached hydrogens (tertiary/aromatic N) is 1. The van der Waals surface area contributed by atoms with Gasteiger partial charge in [0.05, 0.1) is 12.8 Å². The van der Waals surface area contributed by atoms with Gasteiger partial charge in [0.15, 0.2) is 0 Å². The van der Waals surface area contributed by atoms with Crippen LogP contribution in [0.1, 0.15) is 58.8 Å². The normalized spacial score (nSPS) is 20.4. The fraction of sp³-hybridized carbons (Fsp3) is 0.625. The average Bonchev–Trinajstić information content (AvgIpc) is 3.28. The number of likely N-dealkylation sites (tertiary alicyclic amines) is 1. The maximum atomic E-state index is 13.6. The van der Waals surface area contributed by atoms with Crippen molar-refractivity contribution in [1.29, 1.82) is 0 Å². The second-order valence-electron chi connectivity index (χ2n) is 8.92. The Bertz CT molecular complexity index is 789. The lowest BCUT2D eigenvalue weighted by Crippen LogP contribution is -2.56. The summed E-state index contributed by atoms with van der Waals surface area (Å²) in [4.78, 5) is 40.8. The standard InChI is InChI=1S/C24H35N3O4/c1-16(2)22(28)26-21(17-10-5-4-6-11-17)24(30)27-15-9-13-19(27)23(29)25-18-12-7-8-14-20(18)31-3/h7-8,12,14,16-17,19,21H,4-6,9-11,13,15H2,1-3H3,(H,25,29)(H,26,28)/t19-,21-/m0/s1. The molecule has 1 aromatic carbocycles. The minimum Gasteiger partial charge on any atom is -0.495 e. The first-order chi connectivity index (χ1) is 14.9. The number of rotatable bonds is 7. The van der Waals surface area contributed by atoms with Crippen LogP contribution < -0.4 is 15.4 Å². The van der Waals surface area contributed by atoms with E-state index in [2.05, 4.69) is 10.6 Å². The van der Waals surface area contributed by atoms with Crippen molar-refractivity contribution in [2.24, 2.45) is 11.8 Å². The maximum Gasteiger partial charge on any atom is 0.247 e. The van der Waals surface area contributed by atoms with Gasteiger partial charge in [-0.1, -0.05) is 45.2 Å². The van der Waals surface area contributed by atoms with Crippen molar-refractivity contribution in [2.45, 2.75) is 70.9 Å². The van der Waals surface area contributed by atoms with Gasteiger partial charge in [0.25, 0.3) is 0 Å². The summed E-state index contributed by atoms with van der Waals surface area (Å²) in [5, 5.41) is 5.93. The van der Waals surface area contributed by atoms with Gasteiger partial charge >= 0.3 is 0 Å². The van der Waals surface area contributed by atoms with Gasteiger partial charge in [0.2, 0.25) is 17.7 Å². The molecule has 0 spiro atoms. The number of carbonyl (C=O) groups excluding carboxylic acids is 3. The van der Waals surface area contributed by atoms with Gasteiger partial charge in [-0.3, -0.25) is 14.4 Å². The van der Waals surface area contributed by atoms with Crippen LogP contribution in [0.15, 0.2) is 24.3 Å². The van der Waals surface area contributed by atoms with E-state index in [9.17, 15) is 14.4 Å². The molecule has 2 atom stereocenters. The molecule has 170 valence electrons. The third kappa shape index (κ3) is 5.57. The van der Waals surface area contributed by atoms with Crippen LogP contribution in [0.2, 0.25) is 0 Å². The fourth-order valence-corrected chi connectivity index (χ4v) is 4.61. The number of benzene rings is 1. The molecule has 0 aromatic heterocycles. The van der Waals surface area contributed by atoms with Crippen molar-refractivity contribution in [1.82, 2.24) is 10.2 Å². The van der Waals surface area contributed by atoms with Crippen LogP contribution in [0.5, 0.6) is 5.75 Å². The number of anilines is 1. The minimum atomic E-state index is -0.560. The molecule has 2 fully saturated rings. The lowest BCUT2D eigenvalue weighted by atomic mass is 9.83. The number of methoxy groups -OCH3 is 1. The van der Waals surface area contributed by atoms with Crippen LogP contribution in [-0.4, -0.2) is 48.4 Å². The van der Waals surface area contributed by atoms with Gasteiger partial charge in [-0.25, -0.2) is 0 Å². The molecule has 3 amide bonds. The molecule has 0 bridgehead atoms. The molecule has 0 radical (unpaired) electrons. The Morgan fingerprint density at radius 1 is 1.03 bits per heavy atom. The third-order valence-electron chi connectivity index (χ3n) is 6.41. The first-order valence-corrected chi connectivity index (χ1v) is 11.5. The molecule has 1 aromatic rings. The van der Waals surface area contributed by atoms with Crippen molar-refractivity contribution in [2.75, 3.05) is 19.0 Å². The van der Waals surface area contributed by atoms with E-state index in [1.165, 1.54) is 6.42 Å². The smallest absolute Gasteiger partial charge is 0.247 e. The Labute approximate surface area is 184 Å². The summed E-state index contributed by atoms with van der Waals surface area (Å²) in [6.07, 6.45) is 6.56. The highest BCUT2D eigenvalue weighted by molar-refractivity contribution is 5.99. The monoisotopic (exact) mass is 429 g/mol. The molecule has 1 heterocycles. The molecule has 7 nitrogen and oxygen atoms in total. The number of para-hydroxylation sites is 2. The topological polar surface area (TPSA) is 87.7 Å². The van der Waals surface area contributed by atoms with E-state index in [4.69, 9.17) is 4.74 Å². The quantitative estimate of drug-likeness (QED) is 0.696. The number of hydrogen-bond donors (Lipinski definition) is 2. The Morgan fingerprint density at radius 3 is 2.42 bits per heavy atom. The van der Waals surface area contributed by atoms with Crippen molar-refractivity contribution in [3.05, 3.63) is 24.3 Å². The second-order valence-corrected chi connectivity index (χ2v) is 8.92. The molecule has 1 aliphatic heterocycles. The number of amides is 3. The molecular weight excluding hydrogens is 394 g/mol. The van der Waals surface area contributed by atoms with Crippen LogP contribution in [0.4, 0.5) is 5.69 Å². The van der Waals surface area contributed by atoms with Crippen LogP contribution in [-0.2, 0) is 14.4 Å². The molecule has 1 aliphatic carbocycles. The van der Waals surface area contributed by atoms with E-state index >= 15 is 0 Å². The van der Waals surface area contributed by atoms with E-state index < -0.39 is 12.1 Å². The van der Waals surface area contributed by atoms with Crippen LogP contribution in [0.25, 0.3) is 0 Å². The summed E-state index contributed by atoms with van der Waals surface area (Å²) in [7, 11) is 1.56. The molecular formula is C24H35N3O4. The summed E-state index contributed by atoms with van der Waals surface area (Å²) in [5.41, 5.74) is 0.589. The number of nitrogens with one attached hydrogen (secondary N) is 2. The fourth-order valence-electron chi connectivity index (χ4n) is 4.61. The lowest BCUT2D eigenvalue weighted by molar-refractivity contribution is -0.142. The molecule has 3 rings (SSSR count). The van der Waals surface area contributed by atoms with E-state index in [-0.39, 0.29) is 29.6 Å². The van der Waals surface area contributed by atoms with Gasteiger partial charge in [0.1, 0.15) is 17.8 Å². The summed E-state index contributed by atoms with van der Waals surface area (Å²) in [5.74, 6) is 0.0604.